The fraction of sp³-hybridized carbons (Fsp3) is 0.316. The zero-order chi connectivity index (χ0) is 17.1. The maximum absolute atomic E-state index is 12.7. The van der Waals surface area contributed by atoms with Gasteiger partial charge in [-0.15, -0.1) is 0 Å². The Balaban J connectivity index is 2.13. The summed E-state index contributed by atoms with van der Waals surface area (Å²) in [4.78, 5) is 17.4. The van der Waals surface area contributed by atoms with Crippen LogP contribution in [0.4, 0.5) is 0 Å². The average Bonchev–Trinajstić information content (AvgIpc) is 2.89. The van der Waals surface area contributed by atoms with Crippen molar-refractivity contribution in [3.05, 3.63) is 47.7 Å². The molecule has 0 saturated heterocycles. The van der Waals surface area contributed by atoms with E-state index in [9.17, 15) is 4.79 Å². The predicted octanol–water partition coefficient (Wildman–Crippen LogP) is 3.47. The number of carbonyl (C=O) groups excluding carboxylic acids is 1. The third kappa shape index (κ3) is 3.02. The van der Waals surface area contributed by atoms with E-state index < -0.39 is 0 Å². The van der Waals surface area contributed by atoms with E-state index in [1.807, 2.05) is 50.4 Å². The second-order valence-electron chi connectivity index (χ2n) is 5.94. The van der Waals surface area contributed by atoms with Crippen molar-refractivity contribution in [2.75, 3.05) is 6.54 Å². The number of nitrogens with one attached hydrogen (secondary N) is 1. The van der Waals surface area contributed by atoms with Crippen molar-refractivity contribution in [3.8, 4) is 11.3 Å². The van der Waals surface area contributed by atoms with E-state index in [-0.39, 0.29) is 5.91 Å². The number of fused-ring (bicyclic) bond motifs is 1. The molecule has 124 valence electrons. The van der Waals surface area contributed by atoms with Gasteiger partial charge in [-0.3, -0.25) is 9.48 Å². The summed E-state index contributed by atoms with van der Waals surface area (Å²) in [6.45, 7) is 4.70. The van der Waals surface area contributed by atoms with Gasteiger partial charge in [-0.1, -0.05) is 43.7 Å². The third-order valence-electron chi connectivity index (χ3n) is 4.10. The Labute approximate surface area is 141 Å². The van der Waals surface area contributed by atoms with Crippen LogP contribution in [0.25, 0.3) is 22.3 Å². The lowest BCUT2D eigenvalue weighted by Crippen LogP contribution is -2.24. The summed E-state index contributed by atoms with van der Waals surface area (Å²) in [5.74, 6) is -0.0656. The maximum atomic E-state index is 12.7. The molecule has 3 rings (SSSR count). The highest BCUT2D eigenvalue weighted by Gasteiger charge is 2.18. The third-order valence-corrected chi connectivity index (χ3v) is 4.10. The van der Waals surface area contributed by atoms with E-state index >= 15 is 0 Å². The van der Waals surface area contributed by atoms with Crippen molar-refractivity contribution < 1.29 is 4.79 Å². The molecule has 0 bridgehead atoms. The molecule has 0 fully saturated rings. The van der Waals surface area contributed by atoms with Crippen molar-refractivity contribution in [3.63, 3.8) is 0 Å². The predicted molar refractivity (Wildman–Crippen MR) is 95.9 cm³/mol. The molecular formula is C19H22N4O. The van der Waals surface area contributed by atoms with E-state index in [1.54, 1.807) is 4.68 Å². The van der Waals surface area contributed by atoms with Crippen LogP contribution in [0.2, 0.25) is 0 Å². The maximum Gasteiger partial charge on any atom is 0.252 e. The minimum Gasteiger partial charge on any atom is -0.352 e. The minimum atomic E-state index is -0.0656. The largest absolute Gasteiger partial charge is 0.352 e. The van der Waals surface area contributed by atoms with Crippen molar-refractivity contribution in [2.45, 2.75) is 26.7 Å². The molecule has 0 atom stereocenters. The molecule has 0 aliphatic rings. The molecule has 2 aromatic heterocycles. The number of amides is 1. The second kappa shape index (κ2) is 6.83. The van der Waals surface area contributed by atoms with Crippen LogP contribution in [0.5, 0.6) is 0 Å². The van der Waals surface area contributed by atoms with Gasteiger partial charge in [0.25, 0.3) is 5.91 Å². The highest BCUT2D eigenvalue weighted by molar-refractivity contribution is 6.07. The van der Waals surface area contributed by atoms with Crippen LogP contribution in [-0.2, 0) is 7.05 Å². The zero-order valence-electron chi connectivity index (χ0n) is 14.3. The Morgan fingerprint density at radius 3 is 2.71 bits per heavy atom. The lowest BCUT2D eigenvalue weighted by atomic mass is 10.0. The molecule has 1 aromatic carbocycles. The number of pyridine rings is 1. The van der Waals surface area contributed by atoms with Crippen LogP contribution < -0.4 is 5.32 Å². The number of rotatable bonds is 5. The first-order valence-electron chi connectivity index (χ1n) is 8.29. The molecule has 0 radical (unpaired) electrons. The van der Waals surface area contributed by atoms with Crippen LogP contribution in [0.1, 0.15) is 35.8 Å². The number of nitrogens with zero attached hydrogens (tertiary/aromatic N) is 3. The summed E-state index contributed by atoms with van der Waals surface area (Å²) >= 11 is 0. The van der Waals surface area contributed by atoms with E-state index in [2.05, 4.69) is 17.3 Å². The Kier molecular flexibility index (Phi) is 4.60. The zero-order valence-corrected chi connectivity index (χ0v) is 14.3. The molecule has 0 saturated carbocycles. The van der Waals surface area contributed by atoms with E-state index in [0.717, 1.165) is 40.8 Å². The number of benzene rings is 1. The van der Waals surface area contributed by atoms with Crippen molar-refractivity contribution in [1.29, 1.82) is 0 Å². The molecule has 5 nitrogen and oxygen atoms in total. The molecule has 24 heavy (non-hydrogen) atoms. The van der Waals surface area contributed by atoms with E-state index in [0.29, 0.717) is 12.1 Å². The Morgan fingerprint density at radius 2 is 2.00 bits per heavy atom. The Bertz CT molecular complexity index is 868. The van der Waals surface area contributed by atoms with Gasteiger partial charge in [0.1, 0.15) is 0 Å². The molecule has 5 heteroatoms. The standard InChI is InChI=1S/C19H22N4O/c1-4-5-11-20-19(24)15-12-16(14-9-7-6-8-10-14)21-18-17(15)13(2)22-23(18)3/h6-10,12H,4-5,11H2,1-3H3,(H,20,24). The van der Waals surface area contributed by atoms with Crippen molar-refractivity contribution in [1.82, 2.24) is 20.1 Å². The molecule has 2 heterocycles. The number of aryl methyl sites for hydroxylation is 2. The minimum absolute atomic E-state index is 0.0656. The average molecular weight is 322 g/mol. The second-order valence-corrected chi connectivity index (χ2v) is 5.94. The number of hydrogen-bond donors (Lipinski definition) is 1. The normalized spacial score (nSPS) is 11.0. The monoisotopic (exact) mass is 322 g/mol. The number of hydrogen-bond acceptors (Lipinski definition) is 3. The van der Waals surface area contributed by atoms with Crippen LogP contribution >= 0.6 is 0 Å². The van der Waals surface area contributed by atoms with Gasteiger partial charge in [0.15, 0.2) is 5.65 Å². The molecule has 0 spiro atoms. The smallest absolute Gasteiger partial charge is 0.252 e. The van der Waals surface area contributed by atoms with Crippen molar-refractivity contribution in [2.24, 2.45) is 7.05 Å². The van der Waals surface area contributed by atoms with Gasteiger partial charge in [0, 0.05) is 19.2 Å². The van der Waals surface area contributed by atoms with Gasteiger partial charge in [-0.25, -0.2) is 4.98 Å². The summed E-state index contributed by atoms with van der Waals surface area (Å²) in [6.07, 6.45) is 2.02. The van der Waals surface area contributed by atoms with Crippen LogP contribution in [0, 0.1) is 6.92 Å². The lowest BCUT2D eigenvalue weighted by Gasteiger charge is -2.09. The topological polar surface area (TPSA) is 59.8 Å². The van der Waals surface area contributed by atoms with Gasteiger partial charge >= 0.3 is 0 Å². The van der Waals surface area contributed by atoms with Crippen LogP contribution in [0.15, 0.2) is 36.4 Å². The first kappa shape index (κ1) is 16.2. The van der Waals surface area contributed by atoms with Gasteiger partial charge < -0.3 is 5.32 Å². The highest BCUT2D eigenvalue weighted by atomic mass is 16.1. The lowest BCUT2D eigenvalue weighted by molar-refractivity contribution is 0.0954. The molecule has 1 N–H and O–H groups in total. The number of aromatic nitrogens is 3. The van der Waals surface area contributed by atoms with Gasteiger partial charge in [-0.2, -0.15) is 5.10 Å². The Morgan fingerprint density at radius 1 is 1.25 bits per heavy atom. The SMILES string of the molecule is CCCCNC(=O)c1cc(-c2ccccc2)nc2c1c(C)nn2C. The molecular weight excluding hydrogens is 300 g/mol. The van der Waals surface area contributed by atoms with Gasteiger partial charge in [-0.05, 0) is 19.4 Å². The first-order valence-corrected chi connectivity index (χ1v) is 8.29. The summed E-state index contributed by atoms with van der Waals surface area (Å²) in [7, 11) is 1.86. The fourth-order valence-corrected chi connectivity index (χ4v) is 2.85. The Hall–Kier alpha value is -2.69. The summed E-state index contributed by atoms with van der Waals surface area (Å²) in [6, 6.07) is 11.8. The van der Waals surface area contributed by atoms with E-state index in [4.69, 9.17) is 4.98 Å². The van der Waals surface area contributed by atoms with Gasteiger partial charge in [0.05, 0.1) is 22.3 Å². The molecule has 0 aliphatic carbocycles. The summed E-state index contributed by atoms with van der Waals surface area (Å²) in [5, 5.41) is 8.27. The summed E-state index contributed by atoms with van der Waals surface area (Å²) < 4.78 is 1.74. The quantitative estimate of drug-likeness (QED) is 0.732. The summed E-state index contributed by atoms with van der Waals surface area (Å²) in [5.41, 5.74) is 3.96. The highest BCUT2D eigenvalue weighted by Crippen LogP contribution is 2.26. The fourth-order valence-electron chi connectivity index (χ4n) is 2.85. The number of carbonyl (C=O) groups is 1. The van der Waals surface area contributed by atoms with Crippen LogP contribution in [0.3, 0.4) is 0 Å². The number of unbranched alkanes of at least 4 members (excludes halogenated alkanes) is 1. The molecule has 1 amide bonds. The van der Waals surface area contributed by atoms with Gasteiger partial charge in [0.2, 0.25) is 0 Å². The van der Waals surface area contributed by atoms with E-state index in [1.165, 1.54) is 0 Å². The molecule has 0 aliphatic heterocycles. The van der Waals surface area contributed by atoms with Crippen molar-refractivity contribution >= 4 is 16.9 Å². The van der Waals surface area contributed by atoms with Crippen LogP contribution in [-0.4, -0.2) is 27.2 Å². The molecule has 3 aromatic rings. The first-order chi connectivity index (χ1) is 11.6. The molecule has 0 unspecified atom stereocenters.